The summed E-state index contributed by atoms with van der Waals surface area (Å²) in [6.45, 7) is 2.16. The van der Waals surface area contributed by atoms with Gasteiger partial charge in [0.05, 0.1) is 0 Å². The van der Waals surface area contributed by atoms with E-state index in [1.165, 1.54) is 16.7 Å². The number of rotatable bonds is 2. The summed E-state index contributed by atoms with van der Waals surface area (Å²) in [4.78, 5) is 0. The SMILES string of the molecule is CCc1ccc(-c2ccc3cc(O)ccc3c2)cc1. The molecule has 0 aromatic heterocycles. The first kappa shape index (κ1) is 11.8. The number of hydrogen-bond donors (Lipinski definition) is 1. The fraction of sp³-hybridized carbons (Fsp3) is 0.111. The molecule has 0 heterocycles. The monoisotopic (exact) mass is 248 g/mol. The van der Waals surface area contributed by atoms with Crippen LogP contribution in [0.2, 0.25) is 0 Å². The van der Waals surface area contributed by atoms with Crippen molar-refractivity contribution in [2.75, 3.05) is 0 Å². The number of phenolic OH excluding ortho intramolecular Hbond substituents is 1. The van der Waals surface area contributed by atoms with Crippen molar-refractivity contribution < 1.29 is 5.11 Å². The Bertz CT molecular complexity index is 711. The summed E-state index contributed by atoms with van der Waals surface area (Å²) in [6, 6.07) is 20.5. The maximum Gasteiger partial charge on any atom is 0.116 e. The van der Waals surface area contributed by atoms with Crippen molar-refractivity contribution in [3.8, 4) is 16.9 Å². The molecule has 1 heteroatoms. The fourth-order valence-corrected chi connectivity index (χ4v) is 2.35. The molecule has 0 saturated heterocycles. The highest BCUT2D eigenvalue weighted by atomic mass is 16.3. The van der Waals surface area contributed by atoms with E-state index in [1.54, 1.807) is 12.1 Å². The molecular weight excluding hydrogens is 232 g/mol. The average molecular weight is 248 g/mol. The van der Waals surface area contributed by atoms with E-state index in [-0.39, 0.29) is 0 Å². The first-order valence-corrected chi connectivity index (χ1v) is 6.58. The topological polar surface area (TPSA) is 20.2 Å². The van der Waals surface area contributed by atoms with Crippen LogP contribution in [0.1, 0.15) is 12.5 Å². The summed E-state index contributed by atoms with van der Waals surface area (Å²) in [5.74, 6) is 0.313. The Kier molecular flexibility index (Phi) is 2.96. The standard InChI is InChI=1S/C18H16O/c1-2-13-3-5-14(6-4-13)15-7-8-17-12-18(19)10-9-16(17)11-15/h3-12,19H,2H2,1H3. The van der Waals surface area contributed by atoms with Crippen LogP contribution in [-0.2, 0) is 6.42 Å². The molecule has 3 aromatic carbocycles. The predicted octanol–water partition coefficient (Wildman–Crippen LogP) is 4.77. The molecule has 1 N–H and O–H groups in total. The van der Waals surface area contributed by atoms with Crippen molar-refractivity contribution in [3.05, 3.63) is 66.2 Å². The Morgan fingerprint density at radius 2 is 1.37 bits per heavy atom. The van der Waals surface area contributed by atoms with Gasteiger partial charge in [-0.25, -0.2) is 0 Å². The zero-order valence-electron chi connectivity index (χ0n) is 10.9. The van der Waals surface area contributed by atoms with Gasteiger partial charge < -0.3 is 5.11 Å². The van der Waals surface area contributed by atoms with Crippen LogP contribution < -0.4 is 0 Å². The largest absolute Gasteiger partial charge is 0.508 e. The van der Waals surface area contributed by atoms with Gasteiger partial charge in [-0.15, -0.1) is 0 Å². The molecular formula is C18H16O. The summed E-state index contributed by atoms with van der Waals surface area (Å²) < 4.78 is 0. The van der Waals surface area contributed by atoms with E-state index in [2.05, 4.69) is 49.4 Å². The minimum atomic E-state index is 0.313. The number of hydrogen-bond acceptors (Lipinski definition) is 1. The van der Waals surface area contributed by atoms with Gasteiger partial charge >= 0.3 is 0 Å². The van der Waals surface area contributed by atoms with Gasteiger partial charge in [-0.3, -0.25) is 0 Å². The molecule has 19 heavy (non-hydrogen) atoms. The molecule has 0 fully saturated rings. The van der Waals surface area contributed by atoms with Crippen LogP contribution in [0.5, 0.6) is 5.75 Å². The molecule has 3 aromatic rings. The van der Waals surface area contributed by atoms with Gasteiger partial charge in [-0.1, -0.05) is 49.4 Å². The van der Waals surface area contributed by atoms with Crippen molar-refractivity contribution in [1.29, 1.82) is 0 Å². The molecule has 0 amide bonds. The Morgan fingerprint density at radius 3 is 2.11 bits per heavy atom. The van der Waals surface area contributed by atoms with Crippen LogP contribution in [0.4, 0.5) is 0 Å². The van der Waals surface area contributed by atoms with Gasteiger partial charge in [0.1, 0.15) is 5.75 Å². The molecule has 0 aliphatic heterocycles. The highest BCUT2D eigenvalue weighted by Crippen LogP contribution is 2.26. The molecule has 3 rings (SSSR count). The van der Waals surface area contributed by atoms with Crippen molar-refractivity contribution in [2.24, 2.45) is 0 Å². The predicted molar refractivity (Wildman–Crippen MR) is 80.4 cm³/mol. The molecule has 0 saturated carbocycles. The molecule has 0 spiro atoms. The maximum atomic E-state index is 9.47. The normalized spacial score (nSPS) is 10.8. The Labute approximate surface area is 113 Å². The third kappa shape index (κ3) is 2.32. The lowest BCUT2D eigenvalue weighted by atomic mass is 10.00. The number of phenols is 1. The number of benzene rings is 3. The van der Waals surface area contributed by atoms with Crippen LogP contribution >= 0.6 is 0 Å². The summed E-state index contributed by atoms with van der Waals surface area (Å²) in [6.07, 6.45) is 1.07. The second kappa shape index (κ2) is 4.77. The smallest absolute Gasteiger partial charge is 0.116 e. The minimum absolute atomic E-state index is 0.313. The third-order valence-corrected chi connectivity index (χ3v) is 3.52. The minimum Gasteiger partial charge on any atom is -0.508 e. The van der Waals surface area contributed by atoms with Crippen LogP contribution in [-0.4, -0.2) is 5.11 Å². The molecule has 1 nitrogen and oxygen atoms in total. The van der Waals surface area contributed by atoms with E-state index in [0.29, 0.717) is 5.75 Å². The van der Waals surface area contributed by atoms with E-state index < -0.39 is 0 Å². The molecule has 0 atom stereocenters. The van der Waals surface area contributed by atoms with E-state index in [9.17, 15) is 5.11 Å². The van der Waals surface area contributed by atoms with E-state index in [0.717, 1.165) is 17.2 Å². The van der Waals surface area contributed by atoms with Crippen molar-refractivity contribution in [3.63, 3.8) is 0 Å². The first-order valence-electron chi connectivity index (χ1n) is 6.58. The second-order valence-electron chi connectivity index (χ2n) is 4.80. The van der Waals surface area contributed by atoms with Crippen molar-refractivity contribution in [1.82, 2.24) is 0 Å². The van der Waals surface area contributed by atoms with Crippen LogP contribution in [0.25, 0.3) is 21.9 Å². The van der Waals surface area contributed by atoms with E-state index in [4.69, 9.17) is 0 Å². The lowest BCUT2D eigenvalue weighted by Gasteiger charge is -2.05. The number of aryl methyl sites for hydroxylation is 1. The average Bonchev–Trinajstić information content (AvgIpc) is 2.47. The summed E-state index contributed by atoms with van der Waals surface area (Å²) in [5.41, 5.74) is 3.79. The second-order valence-corrected chi connectivity index (χ2v) is 4.80. The first-order chi connectivity index (χ1) is 9.26. The van der Waals surface area contributed by atoms with E-state index >= 15 is 0 Å². The van der Waals surface area contributed by atoms with Gasteiger partial charge in [0, 0.05) is 0 Å². The lowest BCUT2D eigenvalue weighted by molar-refractivity contribution is 0.476. The van der Waals surface area contributed by atoms with E-state index in [1.807, 2.05) is 6.07 Å². The van der Waals surface area contributed by atoms with Gasteiger partial charge in [0.15, 0.2) is 0 Å². The Balaban J connectivity index is 2.06. The summed E-state index contributed by atoms with van der Waals surface area (Å²) in [7, 11) is 0. The maximum absolute atomic E-state index is 9.47. The Hall–Kier alpha value is -2.28. The van der Waals surface area contributed by atoms with Crippen molar-refractivity contribution >= 4 is 10.8 Å². The van der Waals surface area contributed by atoms with Crippen LogP contribution in [0.15, 0.2) is 60.7 Å². The third-order valence-electron chi connectivity index (χ3n) is 3.52. The van der Waals surface area contributed by atoms with Gasteiger partial charge in [-0.2, -0.15) is 0 Å². The number of fused-ring (bicyclic) bond motifs is 1. The van der Waals surface area contributed by atoms with Gasteiger partial charge in [-0.05, 0) is 52.1 Å². The van der Waals surface area contributed by atoms with Crippen LogP contribution in [0.3, 0.4) is 0 Å². The quantitative estimate of drug-likeness (QED) is 0.692. The molecule has 0 aliphatic carbocycles. The summed E-state index contributed by atoms with van der Waals surface area (Å²) >= 11 is 0. The lowest BCUT2D eigenvalue weighted by Crippen LogP contribution is -1.82. The summed E-state index contributed by atoms with van der Waals surface area (Å²) in [5, 5.41) is 11.7. The molecule has 0 bridgehead atoms. The molecule has 0 radical (unpaired) electrons. The highest BCUT2D eigenvalue weighted by molar-refractivity contribution is 5.88. The van der Waals surface area contributed by atoms with Crippen molar-refractivity contribution in [2.45, 2.75) is 13.3 Å². The molecule has 94 valence electrons. The molecule has 0 aliphatic rings. The number of aromatic hydroxyl groups is 1. The highest BCUT2D eigenvalue weighted by Gasteiger charge is 2.01. The van der Waals surface area contributed by atoms with Gasteiger partial charge in [0.2, 0.25) is 0 Å². The molecule has 0 unspecified atom stereocenters. The Morgan fingerprint density at radius 1 is 0.737 bits per heavy atom. The van der Waals surface area contributed by atoms with Crippen LogP contribution in [0, 0.1) is 0 Å². The zero-order chi connectivity index (χ0) is 13.2. The zero-order valence-corrected chi connectivity index (χ0v) is 10.9. The van der Waals surface area contributed by atoms with Gasteiger partial charge in [0.25, 0.3) is 0 Å². The fourth-order valence-electron chi connectivity index (χ4n) is 2.35.